The maximum absolute atomic E-state index is 5.20. The van der Waals surface area contributed by atoms with Crippen LogP contribution >= 0.6 is 35.2 Å². The predicted molar refractivity (Wildman–Crippen MR) is 494 cm³/mol. The molecule has 0 fully saturated rings. The molecular weight excluding hydrogens is 1550 g/mol. The van der Waals surface area contributed by atoms with Gasteiger partial charge in [0.2, 0.25) is 0 Å². The third kappa shape index (κ3) is 12.7. The van der Waals surface area contributed by atoms with Crippen LogP contribution in [0, 0.1) is 0 Å². The minimum Gasteiger partial charge on any atom is -0.254 e. The summed E-state index contributed by atoms with van der Waals surface area (Å²) < 4.78 is 27.4. The molecule has 16 nitrogen and oxygen atoms in total. The van der Waals surface area contributed by atoms with E-state index in [0.29, 0.717) is 17.5 Å². The summed E-state index contributed by atoms with van der Waals surface area (Å²) in [4.78, 5) is 49.8. The summed E-state index contributed by atoms with van der Waals surface area (Å²) in [6.45, 7) is 0. The fourth-order valence-electron chi connectivity index (χ4n) is 16.4. The Morgan fingerprint density at radius 1 is 0.174 bits per heavy atom. The summed E-state index contributed by atoms with van der Waals surface area (Å²) in [7, 11) is 0. The van der Waals surface area contributed by atoms with E-state index in [0.717, 1.165) is 226 Å². The lowest BCUT2D eigenvalue weighted by molar-refractivity contribution is 1.07. The van der Waals surface area contributed by atoms with Crippen LogP contribution in [0.1, 0.15) is 0 Å². The van der Waals surface area contributed by atoms with E-state index in [1.54, 1.807) is 0 Å². The number of nitrogens with zero attached hydrogens (tertiary/aromatic N) is 16. The Kier molecular flexibility index (Phi) is 17.3. The fraction of sp³-hybridized carbons (Fsp3) is 0. The number of fused-ring (bicyclic) bond motifs is 21. The van der Waals surface area contributed by atoms with E-state index < -0.39 is 0 Å². The number of aromatic nitrogens is 16. The average molecular weight is 1600 g/mol. The largest absolute Gasteiger partial charge is 0.254 e. The topological polar surface area (TPSA) is 206 Å². The Hall–Kier alpha value is -15.8. The zero-order valence-corrected chi connectivity index (χ0v) is 66.3. The molecule has 11 heterocycles. The minimum atomic E-state index is 0.594. The van der Waals surface area contributed by atoms with Gasteiger partial charge in [-0.1, -0.05) is 267 Å². The Bertz CT molecular complexity index is 8350. The van der Waals surface area contributed by atoms with Crippen molar-refractivity contribution in [1.29, 1.82) is 0 Å². The summed E-state index contributed by atoms with van der Waals surface area (Å²) in [5.74, 6) is 1.85. The van der Waals surface area contributed by atoms with E-state index in [2.05, 4.69) is 231 Å². The number of rotatable bonds is 9. The molecule has 14 aromatic carbocycles. The van der Waals surface area contributed by atoms with Crippen LogP contribution in [0.5, 0.6) is 0 Å². The lowest BCUT2D eigenvalue weighted by Gasteiger charge is -2.12. The van der Waals surface area contributed by atoms with Gasteiger partial charge in [-0.2, -0.15) is 26.2 Å². The van der Waals surface area contributed by atoms with Gasteiger partial charge in [0, 0.05) is 126 Å². The molecule has 11 aromatic heterocycles. The van der Waals surface area contributed by atoms with E-state index >= 15 is 0 Å². The molecule has 0 N–H and O–H groups in total. The van der Waals surface area contributed by atoms with Gasteiger partial charge >= 0.3 is 0 Å². The van der Waals surface area contributed by atoms with Gasteiger partial charge in [0.25, 0.3) is 0 Å². The zero-order valence-electron chi connectivity index (χ0n) is 63.9. The monoisotopic (exact) mass is 1600 g/mol. The number of hydrogen-bond donors (Lipinski definition) is 0. The molecule has 0 spiro atoms. The molecule has 25 rings (SSSR count). The standard InChI is InChI=1S/C37H21N5S.C34H20N6S.C31H17N5S/c1-2-6-22(7-3-1)29-19-16-25-14-15-26-17-20-30(39-36(26)35(25)38-29)23-10-12-24(13-11-23)34-28-18-21-32-37(42-43-41-32)33(28)27-8-4-5-9-31(27)40-34;1-4-10-21(11-5-1)30-26-18-19-27-31(40-41-39-27)29(26)25-17-16-24(20-28(25)35-30)34-37-32(22-12-6-2-7-13-22)36-33(38-34)23-14-8-3-9-15-23;1-2-6-25-22(5-1)27-23(14-16-26-31(27)36-37-35-26)28(34-25)20-9-7-18(8-10-20)24-15-13-21-12-11-19-4-3-17-32-29(19)30(21)33-24/h1-21H;1-20H;1-17H. The molecule has 0 atom stereocenters. The predicted octanol–water partition coefficient (Wildman–Crippen LogP) is 25.6. The highest BCUT2D eigenvalue weighted by Crippen LogP contribution is 2.43. The highest BCUT2D eigenvalue weighted by atomic mass is 32.1. The highest BCUT2D eigenvalue weighted by molar-refractivity contribution is 7.00. The molecule has 0 aliphatic heterocycles. The highest BCUT2D eigenvalue weighted by Gasteiger charge is 2.22. The van der Waals surface area contributed by atoms with Crippen molar-refractivity contribution in [3.63, 3.8) is 0 Å². The van der Waals surface area contributed by atoms with Crippen LogP contribution in [0.25, 0.3) is 243 Å². The van der Waals surface area contributed by atoms with Crippen LogP contribution in [0.15, 0.2) is 352 Å². The van der Waals surface area contributed by atoms with Crippen LogP contribution in [-0.2, 0) is 0 Å². The van der Waals surface area contributed by atoms with Crippen molar-refractivity contribution in [1.82, 2.24) is 76.1 Å². The number of hydrogen-bond acceptors (Lipinski definition) is 19. The van der Waals surface area contributed by atoms with Crippen molar-refractivity contribution in [3.8, 4) is 102 Å². The number of benzene rings is 14. The van der Waals surface area contributed by atoms with Gasteiger partial charge in [0.05, 0.1) is 108 Å². The molecule has 0 saturated heterocycles. The fourth-order valence-corrected chi connectivity index (χ4v) is 18.0. The van der Waals surface area contributed by atoms with E-state index in [4.69, 9.17) is 44.9 Å². The Labute approximate surface area is 701 Å². The third-order valence-electron chi connectivity index (χ3n) is 22.3. The molecule has 0 bridgehead atoms. The maximum atomic E-state index is 5.20. The van der Waals surface area contributed by atoms with Gasteiger partial charge < -0.3 is 0 Å². The van der Waals surface area contributed by atoms with Crippen molar-refractivity contribution in [2.24, 2.45) is 0 Å². The SMILES string of the molecule is c1ccc(-c2ccc3ccc4ccc(-c5ccc(-c6nc7ccccc7c7c6ccc6nsnc67)cc5)nc4c3n2)cc1.c1ccc(-c2nc(-c3ccccc3)nc(-c3ccc4c(c3)nc(-c3ccccc3)c3ccc5nsnc5c34)n2)cc1.c1cnc2c(c1)ccc1ccc(-c3ccc(-c4nc5ccccc5c5c4ccc4nsnc45)cc3)nc12. The molecule has 0 amide bonds. The average Bonchev–Trinajstić information content (AvgIpc) is 1.73. The number of para-hydroxylation sites is 2. The van der Waals surface area contributed by atoms with Crippen LogP contribution in [0.2, 0.25) is 0 Å². The van der Waals surface area contributed by atoms with Crippen molar-refractivity contribution in [2.75, 3.05) is 0 Å². The quantitative estimate of drug-likeness (QED) is 0.123. The number of pyridine rings is 7. The maximum Gasteiger partial charge on any atom is 0.164 e. The first-order valence-corrected chi connectivity index (χ1v) is 41.6. The molecule has 0 saturated carbocycles. The molecule has 0 radical (unpaired) electrons. The first-order chi connectivity index (χ1) is 59.9. The van der Waals surface area contributed by atoms with Gasteiger partial charge in [-0.3, -0.25) is 4.98 Å². The van der Waals surface area contributed by atoms with Gasteiger partial charge in [0.15, 0.2) is 17.5 Å². The molecule has 25 aromatic rings. The van der Waals surface area contributed by atoms with Crippen molar-refractivity contribution in [2.45, 2.75) is 0 Å². The Balaban J connectivity index is 0.000000106. The van der Waals surface area contributed by atoms with Crippen LogP contribution in [0.4, 0.5) is 0 Å². The normalized spacial score (nSPS) is 11.6. The van der Waals surface area contributed by atoms with E-state index in [-0.39, 0.29) is 0 Å². The Morgan fingerprint density at radius 3 is 0.926 bits per heavy atom. The molecule has 564 valence electrons. The summed E-state index contributed by atoms with van der Waals surface area (Å²) in [5, 5.41) is 14.0. The summed E-state index contributed by atoms with van der Waals surface area (Å²) >= 11 is 3.72. The molecular formula is C102H58N16S3. The van der Waals surface area contributed by atoms with Crippen molar-refractivity contribution >= 4 is 177 Å². The molecule has 0 unspecified atom stereocenters. The summed E-state index contributed by atoms with van der Waals surface area (Å²) in [5.41, 5.74) is 26.5. The first-order valence-electron chi connectivity index (χ1n) is 39.4. The summed E-state index contributed by atoms with van der Waals surface area (Å²) in [6, 6.07) is 118. The lowest BCUT2D eigenvalue weighted by atomic mass is 9.98. The molecule has 0 aliphatic rings. The second kappa shape index (κ2) is 29.7. The van der Waals surface area contributed by atoms with Gasteiger partial charge in [-0.15, -0.1) is 0 Å². The van der Waals surface area contributed by atoms with E-state index in [1.807, 2.05) is 152 Å². The van der Waals surface area contributed by atoms with Gasteiger partial charge in [-0.25, -0.2) is 44.9 Å². The third-order valence-corrected chi connectivity index (χ3v) is 23.9. The lowest BCUT2D eigenvalue weighted by Crippen LogP contribution is -2.00. The second-order valence-corrected chi connectivity index (χ2v) is 31.0. The van der Waals surface area contributed by atoms with Crippen molar-refractivity contribution < 1.29 is 0 Å². The Morgan fingerprint density at radius 2 is 0.488 bits per heavy atom. The zero-order chi connectivity index (χ0) is 79.9. The smallest absolute Gasteiger partial charge is 0.164 e. The molecule has 0 aliphatic carbocycles. The first kappa shape index (κ1) is 70.6. The molecule has 121 heavy (non-hydrogen) atoms. The second-order valence-electron chi connectivity index (χ2n) is 29.4. The van der Waals surface area contributed by atoms with Crippen molar-refractivity contribution in [3.05, 3.63) is 352 Å². The van der Waals surface area contributed by atoms with E-state index in [1.165, 1.54) is 35.2 Å². The van der Waals surface area contributed by atoms with Crippen LogP contribution < -0.4 is 0 Å². The van der Waals surface area contributed by atoms with Crippen LogP contribution in [-0.4, -0.2) is 76.1 Å². The molecule has 19 heteroatoms. The van der Waals surface area contributed by atoms with Gasteiger partial charge in [0.1, 0.15) is 33.1 Å². The summed E-state index contributed by atoms with van der Waals surface area (Å²) in [6.07, 6.45) is 1.82. The van der Waals surface area contributed by atoms with Crippen LogP contribution in [0.3, 0.4) is 0 Å². The van der Waals surface area contributed by atoms with E-state index in [9.17, 15) is 0 Å². The minimum absolute atomic E-state index is 0.594. The van der Waals surface area contributed by atoms with Gasteiger partial charge in [-0.05, 0) is 78.9 Å².